The summed E-state index contributed by atoms with van der Waals surface area (Å²) in [6.45, 7) is 14.6. The maximum absolute atomic E-state index is 12.7. The Balaban J connectivity index is 2.11. The molecule has 2 rings (SSSR count). The van der Waals surface area contributed by atoms with Gasteiger partial charge < -0.3 is 5.32 Å². The van der Waals surface area contributed by atoms with E-state index in [0.717, 1.165) is 17.0 Å². The maximum atomic E-state index is 12.7. The summed E-state index contributed by atoms with van der Waals surface area (Å²) < 4.78 is 1.88. The summed E-state index contributed by atoms with van der Waals surface area (Å²) in [7, 11) is 1.94. The topological polar surface area (TPSA) is 46.9 Å². The third-order valence-electron chi connectivity index (χ3n) is 5.06. The zero-order valence-electron chi connectivity index (χ0n) is 15.1. The maximum Gasteiger partial charge on any atom is 0.224 e. The Morgan fingerprint density at radius 3 is 2.41 bits per heavy atom. The zero-order valence-corrected chi connectivity index (χ0v) is 15.1. The molecule has 0 saturated heterocycles. The van der Waals surface area contributed by atoms with Crippen molar-refractivity contribution in [1.82, 2.24) is 15.1 Å². The number of allylic oxidation sites excluding steroid dienone is 2. The van der Waals surface area contributed by atoms with Crippen molar-refractivity contribution in [2.24, 2.45) is 24.3 Å². The molecular formula is C18H29N3O. The molecular weight excluding hydrogens is 274 g/mol. The molecule has 1 saturated carbocycles. The molecule has 1 aromatic heterocycles. The van der Waals surface area contributed by atoms with Gasteiger partial charge in [-0.3, -0.25) is 9.48 Å². The van der Waals surface area contributed by atoms with Gasteiger partial charge in [0.1, 0.15) is 0 Å². The van der Waals surface area contributed by atoms with E-state index in [4.69, 9.17) is 0 Å². The Morgan fingerprint density at radius 2 is 1.95 bits per heavy atom. The van der Waals surface area contributed by atoms with Crippen LogP contribution in [0.2, 0.25) is 0 Å². The summed E-state index contributed by atoms with van der Waals surface area (Å²) in [4.78, 5) is 12.7. The van der Waals surface area contributed by atoms with Crippen molar-refractivity contribution in [3.05, 3.63) is 28.6 Å². The summed E-state index contributed by atoms with van der Waals surface area (Å²) in [5, 5.41) is 7.63. The molecule has 1 aliphatic carbocycles. The first-order valence-electron chi connectivity index (χ1n) is 8.02. The second-order valence-electron chi connectivity index (χ2n) is 7.51. The van der Waals surface area contributed by atoms with Crippen LogP contribution in [0.4, 0.5) is 0 Å². The van der Waals surface area contributed by atoms with Gasteiger partial charge in [-0.1, -0.05) is 25.5 Å². The molecule has 0 aromatic carbocycles. The first-order valence-corrected chi connectivity index (χ1v) is 8.02. The Kier molecular flexibility index (Phi) is 4.24. The highest BCUT2D eigenvalue weighted by atomic mass is 16.2. The van der Waals surface area contributed by atoms with Crippen molar-refractivity contribution >= 4 is 5.91 Å². The first kappa shape index (κ1) is 16.8. The van der Waals surface area contributed by atoms with E-state index in [2.05, 4.69) is 44.2 Å². The minimum atomic E-state index is -0.00930. The van der Waals surface area contributed by atoms with Crippen LogP contribution in [0.5, 0.6) is 0 Å². The molecule has 1 aliphatic rings. The van der Waals surface area contributed by atoms with Gasteiger partial charge in [0.2, 0.25) is 5.91 Å². The zero-order chi connectivity index (χ0) is 16.8. The van der Waals surface area contributed by atoms with E-state index in [1.807, 2.05) is 32.5 Å². The van der Waals surface area contributed by atoms with Crippen LogP contribution in [0.15, 0.2) is 11.6 Å². The van der Waals surface area contributed by atoms with Gasteiger partial charge in [-0.05, 0) is 46.0 Å². The van der Waals surface area contributed by atoms with E-state index in [1.165, 1.54) is 5.57 Å². The number of aryl methyl sites for hydroxylation is 2. The molecule has 4 heteroatoms. The van der Waals surface area contributed by atoms with Crippen LogP contribution in [0, 0.1) is 31.1 Å². The molecule has 0 bridgehead atoms. The Hall–Kier alpha value is -1.58. The fourth-order valence-corrected chi connectivity index (χ4v) is 3.64. The van der Waals surface area contributed by atoms with Crippen molar-refractivity contribution in [3.63, 3.8) is 0 Å². The molecule has 4 nitrogen and oxygen atoms in total. The molecule has 0 radical (unpaired) electrons. The number of aromatic nitrogens is 2. The van der Waals surface area contributed by atoms with Crippen molar-refractivity contribution in [2.45, 2.75) is 54.5 Å². The summed E-state index contributed by atoms with van der Waals surface area (Å²) in [5.74, 6) is 0.575. The summed E-state index contributed by atoms with van der Waals surface area (Å²) in [6.07, 6.45) is 2.23. The number of amides is 1. The van der Waals surface area contributed by atoms with E-state index in [0.29, 0.717) is 5.92 Å². The van der Waals surface area contributed by atoms with Crippen LogP contribution in [0.1, 0.15) is 57.6 Å². The normalized spacial score (nSPS) is 23.8. The average molecular weight is 303 g/mol. The van der Waals surface area contributed by atoms with Gasteiger partial charge in [0.25, 0.3) is 0 Å². The number of rotatable bonds is 4. The van der Waals surface area contributed by atoms with Crippen molar-refractivity contribution in [3.8, 4) is 0 Å². The largest absolute Gasteiger partial charge is 0.349 e. The van der Waals surface area contributed by atoms with Gasteiger partial charge in [-0.25, -0.2) is 0 Å². The lowest BCUT2D eigenvalue weighted by Gasteiger charge is -2.15. The fourth-order valence-electron chi connectivity index (χ4n) is 3.64. The quantitative estimate of drug-likeness (QED) is 0.866. The van der Waals surface area contributed by atoms with Gasteiger partial charge >= 0.3 is 0 Å². The highest BCUT2D eigenvalue weighted by Crippen LogP contribution is 2.59. The van der Waals surface area contributed by atoms with Crippen LogP contribution in [-0.4, -0.2) is 15.7 Å². The second-order valence-corrected chi connectivity index (χ2v) is 7.51. The van der Waals surface area contributed by atoms with Gasteiger partial charge in [0, 0.05) is 18.3 Å². The minimum absolute atomic E-state index is 0.00930. The third kappa shape index (κ3) is 2.83. The van der Waals surface area contributed by atoms with Crippen LogP contribution in [-0.2, 0) is 11.8 Å². The average Bonchev–Trinajstić information content (AvgIpc) is 2.77. The van der Waals surface area contributed by atoms with Gasteiger partial charge in [-0.15, -0.1) is 0 Å². The number of nitrogens with one attached hydrogen (secondary N) is 1. The number of carbonyl (C=O) groups excluding carboxylic acids is 1. The van der Waals surface area contributed by atoms with Gasteiger partial charge in [0.05, 0.1) is 17.7 Å². The third-order valence-corrected chi connectivity index (χ3v) is 5.06. The van der Waals surface area contributed by atoms with Crippen molar-refractivity contribution in [1.29, 1.82) is 0 Å². The van der Waals surface area contributed by atoms with E-state index >= 15 is 0 Å². The summed E-state index contributed by atoms with van der Waals surface area (Å²) in [6, 6.07) is -0.00930. The summed E-state index contributed by atoms with van der Waals surface area (Å²) >= 11 is 0. The highest BCUT2D eigenvalue weighted by molar-refractivity contribution is 5.84. The lowest BCUT2D eigenvalue weighted by atomic mass is 10.1. The molecule has 122 valence electrons. The highest BCUT2D eigenvalue weighted by Gasteiger charge is 2.60. The van der Waals surface area contributed by atoms with E-state index in [-0.39, 0.29) is 23.3 Å². The fraction of sp³-hybridized carbons (Fsp3) is 0.667. The standard InChI is InChI=1S/C18H29N3O/c1-10(2)9-14-16(18(14,6)7)17(22)19-11(3)15-12(4)20-21(8)13(15)5/h9,11,14,16H,1-8H3,(H,19,22)/t11-,14-,16+/m1/s1. The van der Waals surface area contributed by atoms with Crippen molar-refractivity contribution < 1.29 is 4.79 Å². The molecule has 1 amide bonds. The van der Waals surface area contributed by atoms with Gasteiger partial charge in [0.15, 0.2) is 0 Å². The second kappa shape index (κ2) is 5.56. The number of hydrogen-bond acceptors (Lipinski definition) is 2. The molecule has 0 spiro atoms. The Morgan fingerprint density at radius 1 is 1.36 bits per heavy atom. The lowest BCUT2D eigenvalue weighted by Crippen LogP contribution is -2.30. The lowest BCUT2D eigenvalue weighted by molar-refractivity contribution is -0.123. The predicted octanol–water partition coefficient (Wildman–Crippen LogP) is 3.45. The SMILES string of the molecule is CC(C)=C[C@@H]1[C@@H](C(=O)N[C@H](C)c2c(C)nn(C)c2C)C1(C)C. The smallest absolute Gasteiger partial charge is 0.224 e. The van der Waals surface area contributed by atoms with Gasteiger partial charge in [-0.2, -0.15) is 5.10 Å². The minimum Gasteiger partial charge on any atom is -0.349 e. The number of nitrogens with zero attached hydrogens (tertiary/aromatic N) is 2. The molecule has 1 N–H and O–H groups in total. The molecule has 1 fully saturated rings. The first-order chi connectivity index (χ1) is 10.1. The molecule has 1 aromatic rings. The van der Waals surface area contributed by atoms with Crippen LogP contribution in [0.25, 0.3) is 0 Å². The number of hydrogen-bond donors (Lipinski definition) is 1. The van der Waals surface area contributed by atoms with Crippen LogP contribution < -0.4 is 5.32 Å². The Labute approximate surface area is 134 Å². The van der Waals surface area contributed by atoms with Crippen LogP contribution in [0.3, 0.4) is 0 Å². The Bertz CT molecular complexity index is 621. The van der Waals surface area contributed by atoms with E-state index in [1.54, 1.807) is 0 Å². The summed E-state index contributed by atoms with van der Waals surface area (Å²) in [5.41, 5.74) is 4.57. The molecule has 3 atom stereocenters. The monoisotopic (exact) mass is 303 g/mol. The number of carbonyl (C=O) groups is 1. The molecule has 1 heterocycles. The van der Waals surface area contributed by atoms with Crippen molar-refractivity contribution in [2.75, 3.05) is 0 Å². The predicted molar refractivity (Wildman–Crippen MR) is 89.4 cm³/mol. The molecule has 22 heavy (non-hydrogen) atoms. The van der Waals surface area contributed by atoms with E-state index in [9.17, 15) is 4.79 Å². The molecule has 0 unspecified atom stereocenters. The van der Waals surface area contributed by atoms with Crippen LogP contribution >= 0.6 is 0 Å². The van der Waals surface area contributed by atoms with E-state index < -0.39 is 0 Å². The molecule has 0 aliphatic heterocycles.